The second kappa shape index (κ2) is 9.89. The molecule has 0 unspecified atom stereocenters. The van der Waals surface area contributed by atoms with Crippen molar-refractivity contribution in [3.05, 3.63) is 52.6 Å². The van der Waals surface area contributed by atoms with Crippen molar-refractivity contribution in [3.63, 3.8) is 0 Å². The zero-order valence-corrected chi connectivity index (χ0v) is 17.6. The van der Waals surface area contributed by atoms with Gasteiger partial charge in [-0.05, 0) is 50.8 Å². The minimum atomic E-state index is 0.0323. The van der Waals surface area contributed by atoms with Crippen LogP contribution in [-0.4, -0.2) is 37.8 Å². The lowest BCUT2D eigenvalue weighted by Crippen LogP contribution is -2.24. The molecule has 2 heterocycles. The quantitative estimate of drug-likeness (QED) is 0.295. The summed E-state index contributed by atoms with van der Waals surface area (Å²) in [7, 11) is 1.93. The number of nitrogens with zero attached hydrogens (tertiary/aromatic N) is 4. The van der Waals surface area contributed by atoms with Crippen LogP contribution >= 0.6 is 11.8 Å². The Labute approximate surface area is 169 Å². The summed E-state index contributed by atoms with van der Waals surface area (Å²) in [5.74, 6) is 0.905. The van der Waals surface area contributed by atoms with Gasteiger partial charge in [0.1, 0.15) is 0 Å². The average Bonchev–Trinajstić information content (AvgIpc) is 3.09. The number of fused-ring (bicyclic) bond motifs is 1. The zero-order valence-electron chi connectivity index (χ0n) is 16.8. The Morgan fingerprint density at radius 3 is 2.79 bits per heavy atom. The molecule has 0 bridgehead atoms. The second-order valence-electron chi connectivity index (χ2n) is 7.12. The van der Waals surface area contributed by atoms with Crippen molar-refractivity contribution in [2.45, 2.75) is 50.9 Å². The minimum absolute atomic E-state index is 0.0323. The van der Waals surface area contributed by atoms with Gasteiger partial charge >= 0.3 is 0 Å². The summed E-state index contributed by atoms with van der Waals surface area (Å²) >= 11 is 1.65. The van der Waals surface area contributed by atoms with E-state index in [4.69, 9.17) is 9.72 Å². The summed E-state index contributed by atoms with van der Waals surface area (Å²) in [4.78, 5) is 17.8. The Morgan fingerprint density at radius 1 is 1.21 bits per heavy atom. The van der Waals surface area contributed by atoms with Gasteiger partial charge in [-0.3, -0.25) is 14.0 Å². The lowest BCUT2D eigenvalue weighted by atomic mass is 10.2. The predicted octanol–water partition coefficient (Wildman–Crippen LogP) is 3.67. The minimum Gasteiger partial charge on any atom is -0.379 e. The first-order chi connectivity index (χ1) is 13.5. The van der Waals surface area contributed by atoms with Crippen LogP contribution in [0.3, 0.4) is 0 Å². The van der Waals surface area contributed by atoms with Gasteiger partial charge in [-0.25, -0.2) is 4.98 Å². The topological polar surface area (TPSA) is 61.9 Å². The van der Waals surface area contributed by atoms with Crippen molar-refractivity contribution in [1.82, 2.24) is 19.3 Å². The molecule has 28 heavy (non-hydrogen) atoms. The molecule has 0 N–H and O–H groups in total. The van der Waals surface area contributed by atoms with Crippen LogP contribution in [0.2, 0.25) is 0 Å². The molecule has 0 atom stereocenters. The Morgan fingerprint density at radius 2 is 2.04 bits per heavy atom. The van der Waals surface area contributed by atoms with E-state index in [0.29, 0.717) is 18.5 Å². The summed E-state index contributed by atoms with van der Waals surface area (Å²) < 4.78 is 9.26. The maximum Gasteiger partial charge on any atom is 0.262 e. The molecule has 0 amide bonds. The molecule has 0 aliphatic rings. The predicted molar refractivity (Wildman–Crippen MR) is 114 cm³/mol. The standard InChI is InChI=1S/C21H28N4O2S/c1-16(2)27-12-7-11-25-20(26)18-9-4-5-10-19(18)23-21(25)28-13-6-8-17-14-22-24(3)15-17/h4-5,9-10,14-16H,6-8,11-13H2,1-3H3. The number of ether oxygens (including phenoxy) is 1. The van der Waals surface area contributed by atoms with E-state index in [1.165, 1.54) is 5.56 Å². The highest BCUT2D eigenvalue weighted by Gasteiger charge is 2.11. The first-order valence-corrected chi connectivity index (χ1v) is 10.7. The highest BCUT2D eigenvalue weighted by atomic mass is 32.2. The number of rotatable bonds is 10. The molecule has 0 radical (unpaired) electrons. The van der Waals surface area contributed by atoms with Crippen LogP contribution in [0.25, 0.3) is 10.9 Å². The van der Waals surface area contributed by atoms with Gasteiger partial charge in [-0.15, -0.1) is 0 Å². The number of hydrogen-bond acceptors (Lipinski definition) is 5. The first-order valence-electron chi connectivity index (χ1n) is 9.76. The van der Waals surface area contributed by atoms with Crippen molar-refractivity contribution in [2.75, 3.05) is 12.4 Å². The van der Waals surface area contributed by atoms with Crippen molar-refractivity contribution in [1.29, 1.82) is 0 Å². The number of para-hydroxylation sites is 1. The summed E-state index contributed by atoms with van der Waals surface area (Å²) in [6, 6.07) is 7.57. The molecular weight excluding hydrogens is 372 g/mol. The van der Waals surface area contributed by atoms with Gasteiger partial charge in [0.05, 0.1) is 23.2 Å². The van der Waals surface area contributed by atoms with Gasteiger partial charge in [0.2, 0.25) is 0 Å². The van der Waals surface area contributed by atoms with Gasteiger partial charge in [0.15, 0.2) is 5.16 Å². The molecular formula is C21H28N4O2S. The fraction of sp³-hybridized carbons (Fsp3) is 0.476. The van der Waals surface area contributed by atoms with E-state index in [1.54, 1.807) is 16.3 Å². The van der Waals surface area contributed by atoms with Crippen LogP contribution < -0.4 is 5.56 Å². The third-order valence-electron chi connectivity index (χ3n) is 4.40. The molecule has 3 rings (SSSR count). The van der Waals surface area contributed by atoms with E-state index >= 15 is 0 Å². The molecule has 2 aromatic heterocycles. The second-order valence-corrected chi connectivity index (χ2v) is 8.18. The summed E-state index contributed by atoms with van der Waals surface area (Å²) in [6.07, 6.45) is 6.93. The van der Waals surface area contributed by atoms with Crippen LogP contribution in [0.4, 0.5) is 0 Å². The van der Waals surface area contributed by atoms with Crippen molar-refractivity contribution in [3.8, 4) is 0 Å². The summed E-state index contributed by atoms with van der Waals surface area (Å²) in [6.45, 7) is 5.30. The Bertz CT molecular complexity index is 964. The molecule has 150 valence electrons. The van der Waals surface area contributed by atoms with Gasteiger partial charge in [0, 0.05) is 32.1 Å². The highest BCUT2D eigenvalue weighted by Crippen LogP contribution is 2.20. The van der Waals surface area contributed by atoms with E-state index in [2.05, 4.69) is 5.10 Å². The molecule has 6 nitrogen and oxygen atoms in total. The Kier molecular flexibility index (Phi) is 7.28. The number of benzene rings is 1. The lowest BCUT2D eigenvalue weighted by Gasteiger charge is -2.14. The largest absolute Gasteiger partial charge is 0.379 e. The van der Waals surface area contributed by atoms with E-state index in [-0.39, 0.29) is 11.7 Å². The van der Waals surface area contributed by atoms with Crippen molar-refractivity contribution in [2.24, 2.45) is 7.05 Å². The van der Waals surface area contributed by atoms with E-state index < -0.39 is 0 Å². The molecule has 0 saturated carbocycles. The van der Waals surface area contributed by atoms with Gasteiger partial charge < -0.3 is 4.74 Å². The summed E-state index contributed by atoms with van der Waals surface area (Å²) in [5.41, 5.74) is 2.03. The molecule has 3 aromatic rings. The molecule has 0 spiro atoms. The van der Waals surface area contributed by atoms with Gasteiger partial charge in [-0.2, -0.15) is 5.10 Å². The number of hydrogen-bond donors (Lipinski definition) is 0. The van der Waals surface area contributed by atoms with E-state index in [0.717, 1.165) is 35.7 Å². The SMILES string of the molecule is CC(C)OCCCn1c(SCCCc2cnn(C)c2)nc2ccccc2c1=O. The maximum atomic E-state index is 13.0. The normalized spacial score (nSPS) is 11.6. The molecule has 0 aliphatic heterocycles. The van der Waals surface area contributed by atoms with Crippen molar-refractivity contribution < 1.29 is 4.74 Å². The first kappa shape index (κ1) is 20.6. The molecule has 1 aromatic carbocycles. The highest BCUT2D eigenvalue weighted by molar-refractivity contribution is 7.99. The van der Waals surface area contributed by atoms with E-state index in [9.17, 15) is 4.79 Å². The monoisotopic (exact) mass is 400 g/mol. The number of aromatic nitrogens is 4. The molecule has 7 heteroatoms. The third-order valence-corrected chi connectivity index (χ3v) is 5.47. The third kappa shape index (κ3) is 5.45. The van der Waals surface area contributed by atoms with Gasteiger partial charge in [0.25, 0.3) is 5.56 Å². The van der Waals surface area contributed by atoms with Crippen LogP contribution in [0.15, 0.2) is 46.6 Å². The Balaban J connectivity index is 1.70. The van der Waals surface area contributed by atoms with Crippen LogP contribution in [-0.2, 0) is 24.8 Å². The smallest absolute Gasteiger partial charge is 0.262 e. The molecule has 0 fully saturated rings. The van der Waals surface area contributed by atoms with Crippen molar-refractivity contribution >= 4 is 22.7 Å². The fourth-order valence-electron chi connectivity index (χ4n) is 3.04. The maximum absolute atomic E-state index is 13.0. The zero-order chi connectivity index (χ0) is 19.9. The fourth-order valence-corrected chi connectivity index (χ4v) is 4.00. The Hall–Kier alpha value is -2.12. The molecule has 0 saturated heterocycles. The lowest BCUT2D eigenvalue weighted by molar-refractivity contribution is 0.0743. The van der Waals surface area contributed by atoms with Crippen LogP contribution in [0.5, 0.6) is 0 Å². The van der Waals surface area contributed by atoms with Crippen LogP contribution in [0.1, 0.15) is 32.3 Å². The van der Waals surface area contributed by atoms with E-state index in [1.807, 2.05) is 62.2 Å². The summed E-state index contributed by atoms with van der Waals surface area (Å²) in [5, 5.41) is 5.67. The average molecular weight is 401 g/mol. The van der Waals surface area contributed by atoms with Gasteiger partial charge in [-0.1, -0.05) is 23.9 Å². The number of thioether (sulfide) groups is 1. The van der Waals surface area contributed by atoms with Crippen LogP contribution in [0, 0.1) is 0 Å². The number of aryl methyl sites for hydroxylation is 2. The molecule has 0 aliphatic carbocycles.